The summed E-state index contributed by atoms with van der Waals surface area (Å²) in [6.45, 7) is 6.32. The maximum atomic E-state index is 11.6. The maximum absolute atomic E-state index is 11.6. The summed E-state index contributed by atoms with van der Waals surface area (Å²) in [6.07, 6.45) is 3.50. The summed E-state index contributed by atoms with van der Waals surface area (Å²) in [4.78, 5) is 11.6. The van der Waals surface area contributed by atoms with Crippen LogP contribution in [0.25, 0.3) is 0 Å². The van der Waals surface area contributed by atoms with E-state index in [0.717, 1.165) is 25.8 Å². The van der Waals surface area contributed by atoms with Gasteiger partial charge in [-0.1, -0.05) is 13.8 Å². The molecule has 0 saturated carbocycles. The third-order valence-electron chi connectivity index (χ3n) is 2.57. The van der Waals surface area contributed by atoms with Crippen LogP contribution in [0.5, 0.6) is 0 Å². The molecule has 4 heteroatoms. The second-order valence-corrected chi connectivity index (χ2v) is 4.78. The quantitative estimate of drug-likeness (QED) is 0.513. The zero-order valence-corrected chi connectivity index (χ0v) is 10.7. The number of nitrogens with two attached hydrogens (primary N) is 2. The van der Waals surface area contributed by atoms with E-state index in [1.807, 2.05) is 0 Å². The lowest BCUT2D eigenvalue weighted by Crippen LogP contribution is -2.29. The van der Waals surface area contributed by atoms with E-state index in [0.29, 0.717) is 31.3 Å². The second-order valence-electron chi connectivity index (χ2n) is 4.78. The SMILES string of the molecule is CC(C)C[C@H](CN)CC(=O)NCCCCN. The van der Waals surface area contributed by atoms with Crippen molar-refractivity contribution in [1.82, 2.24) is 5.32 Å². The van der Waals surface area contributed by atoms with Crippen molar-refractivity contribution in [2.24, 2.45) is 23.3 Å². The molecule has 16 heavy (non-hydrogen) atoms. The minimum atomic E-state index is 0.119. The predicted molar refractivity (Wildman–Crippen MR) is 67.9 cm³/mol. The van der Waals surface area contributed by atoms with Crippen LogP contribution in [0.2, 0.25) is 0 Å². The highest BCUT2D eigenvalue weighted by Gasteiger charge is 2.13. The topological polar surface area (TPSA) is 81.1 Å². The van der Waals surface area contributed by atoms with Gasteiger partial charge in [-0.15, -0.1) is 0 Å². The summed E-state index contributed by atoms with van der Waals surface area (Å²) >= 11 is 0. The zero-order valence-electron chi connectivity index (χ0n) is 10.7. The van der Waals surface area contributed by atoms with Crippen molar-refractivity contribution in [2.75, 3.05) is 19.6 Å². The van der Waals surface area contributed by atoms with Crippen LogP contribution < -0.4 is 16.8 Å². The third-order valence-corrected chi connectivity index (χ3v) is 2.57. The van der Waals surface area contributed by atoms with Crippen LogP contribution in [0, 0.1) is 11.8 Å². The Bertz CT molecular complexity index is 183. The van der Waals surface area contributed by atoms with E-state index in [9.17, 15) is 4.79 Å². The van der Waals surface area contributed by atoms with E-state index >= 15 is 0 Å². The molecular formula is C12H27N3O. The first-order valence-electron chi connectivity index (χ1n) is 6.27. The zero-order chi connectivity index (χ0) is 12.4. The molecule has 96 valence electrons. The monoisotopic (exact) mass is 229 g/mol. The molecule has 0 fully saturated rings. The summed E-state index contributed by atoms with van der Waals surface area (Å²) in [5, 5.41) is 2.91. The van der Waals surface area contributed by atoms with Crippen LogP contribution in [-0.4, -0.2) is 25.5 Å². The van der Waals surface area contributed by atoms with E-state index in [2.05, 4.69) is 19.2 Å². The number of carbonyl (C=O) groups is 1. The molecule has 0 aliphatic rings. The Morgan fingerprint density at radius 2 is 1.94 bits per heavy atom. The van der Waals surface area contributed by atoms with Crippen molar-refractivity contribution in [1.29, 1.82) is 0 Å². The Labute approximate surface area is 99.1 Å². The van der Waals surface area contributed by atoms with Crippen LogP contribution in [0.15, 0.2) is 0 Å². The summed E-state index contributed by atoms with van der Waals surface area (Å²) in [6, 6.07) is 0. The lowest BCUT2D eigenvalue weighted by molar-refractivity contribution is -0.122. The van der Waals surface area contributed by atoms with Gasteiger partial charge in [-0.3, -0.25) is 4.79 Å². The van der Waals surface area contributed by atoms with Crippen LogP contribution in [-0.2, 0) is 4.79 Å². The Kier molecular flexibility index (Phi) is 9.24. The summed E-state index contributed by atoms with van der Waals surface area (Å²) in [7, 11) is 0. The summed E-state index contributed by atoms with van der Waals surface area (Å²) < 4.78 is 0. The molecule has 0 heterocycles. The standard InChI is InChI=1S/C12H27N3O/c1-10(2)7-11(9-14)8-12(16)15-6-4-3-5-13/h10-11H,3-9,13-14H2,1-2H3,(H,15,16)/t11-/m0/s1. The number of nitrogens with one attached hydrogen (secondary N) is 1. The van der Waals surface area contributed by atoms with Gasteiger partial charge in [0.15, 0.2) is 0 Å². The molecule has 0 aliphatic carbocycles. The van der Waals surface area contributed by atoms with Crippen LogP contribution >= 0.6 is 0 Å². The fraction of sp³-hybridized carbons (Fsp3) is 0.917. The Morgan fingerprint density at radius 1 is 1.25 bits per heavy atom. The van der Waals surface area contributed by atoms with Gasteiger partial charge in [-0.25, -0.2) is 0 Å². The molecule has 0 saturated heterocycles. The molecule has 1 atom stereocenters. The minimum absolute atomic E-state index is 0.119. The first kappa shape index (κ1) is 15.4. The van der Waals surface area contributed by atoms with Gasteiger partial charge >= 0.3 is 0 Å². The van der Waals surface area contributed by atoms with Crippen molar-refractivity contribution in [3.63, 3.8) is 0 Å². The molecule has 0 aromatic rings. The first-order chi connectivity index (χ1) is 7.60. The Morgan fingerprint density at radius 3 is 2.44 bits per heavy atom. The molecule has 0 spiro atoms. The van der Waals surface area contributed by atoms with Gasteiger partial charge in [0.05, 0.1) is 0 Å². The number of hydrogen-bond acceptors (Lipinski definition) is 3. The van der Waals surface area contributed by atoms with Crippen molar-refractivity contribution in [3.05, 3.63) is 0 Å². The molecular weight excluding hydrogens is 202 g/mol. The smallest absolute Gasteiger partial charge is 0.220 e. The highest BCUT2D eigenvalue weighted by Crippen LogP contribution is 2.13. The molecule has 1 amide bonds. The molecule has 5 N–H and O–H groups in total. The minimum Gasteiger partial charge on any atom is -0.356 e. The summed E-state index contributed by atoms with van der Waals surface area (Å²) in [5.41, 5.74) is 11.0. The first-order valence-corrected chi connectivity index (χ1v) is 6.27. The summed E-state index contributed by atoms with van der Waals surface area (Å²) in [5.74, 6) is 1.03. The lowest BCUT2D eigenvalue weighted by atomic mass is 9.94. The average molecular weight is 229 g/mol. The molecule has 0 radical (unpaired) electrons. The molecule has 0 rings (SSSR count). The number of amides is 1. The Hall–Kier alpha value is -0.610. The van der Waals surface area contributed by atoms with E-state index in [4.69, 9.17) is 11.5 Å². The Balaban J connectivity index is 3.66. The van der Waals surface area contributed by atoms with Gasteiger partial charge in [-0.2, -0.15) is 0 Å². The average Bonchev–Trinajstić information content (AvgIpc) is 2.23. The van der Waals surface area contributed by atoms with Gasteiger partial charge < -0.3 is 16.8 Å². The largest absolute Gasteiger partial charge is 0.356 e. The molecule has 0 aromatic carbocycles. The number of carbonyl (C=O) groups excluding carboxylic acids is 1. The van der Waals surface area contributed by atoms with E-state index in [1.165, 1.54) is 0 Å². The molecule has 0 aromatic heterocycles. The lowest BCUT2D eigenvalue weighted by Gasteiger charge is -2.16. The maximum Gasteiger partial charge on any atom is 0.220 e. The van der Waals surface area contributed by atoms with E-state index in [1.54, 1.807) is 0 Å². The van der Waals surface area contributed by atoms with Gasteiger partial charge in [0.1, 0.15) is 0 Å². The van der Waals surface area contributed by atoms with E-state index < -0.39 is 0 Å². The highest BCUT2D eigenvalue weighted by molar-refractivity contribution is 5.76. The fourth-order valence-electron chi connectivity index (χ4n) is 1.76. The normalized spacial score (nSPS) is 12.8. The third kappa shape index (κ3) is 8.68. The second kappa shape index (κ2) is 9.60. The van der Waals surface area contributed by atoms with Crippen molar-refractivity contribution in [2.45, 2.75) is 39.5 Å². The fourth-order valence-corrected chi connectivity index (χ4v) is 1.76. The molecule has 0 aliphatic heterocycles. The molecule has 0 bridgehead atoms. The number of rotatable bonds is 9. The van der Waals surface area contributed by atoms with Crippen molar-refractivity contribution in [3.8, 4) is 0 Å². The van der Waals surface area contributed by atoms with Crippen molar-refractivity contribution < 1.29 is 4.79 Å². The van der Waals surface area contributed by atoms with Gasteiger partial charge in [-0.05, 0) is 44.2 Å². The van der Waals surface area contributed by atoms with Gasteiger partial charge in [0, 0.05) is 13.0 Å². The van der Waals surface area contributed by atoms with Crippen molar-refractivity contribution >= 4 is 5.91 Å². The van der Waals surface area contributed by atoms with Crippen LogP contribution in [0.4, 0.5) is 0 Å². The van der Waals surface area contributed by atoms with Gasteiger partial charge in [0.2, 0.25) is 5.91 Å². The van der Waals surface area contributed by atoms with Crippen LogP contribution in [0.1, 0.15) is 39.5 Å². The molecule has 4 nitrogen and oxygen atoms in total. The number of hydrogen-bond donors (Lipinski definition) is 3. The van der Waals surface area contributed by atoms with E-state index in [-0.39, 0.29) is 5.91 Å². The van der Waals surface area contributed by atoms with Gasteiger partial charge in [0.25, 0.3) is 0 Å². The highest BCUT2D eigenvalue weighted by atomic mass is 16.1. The van der Waals surface area contributed by atoms with Crippen LogP contribution in [0.3, 0.4) is 0 Å². The molecule has 0 unspecified atom stereocenters. The number of unbranched alkanes of at least 4 members (excludes halogenated alkanes) is 1. The predicted octanol–water partition coefficient (Wildman–Crippen LogP) is 0.853.